The molecule has 0 aliphatic carbocycles. The van der Waals surface area contributed by atoms with Crippen molar-refractivity contribution in [3.05, 3.63) is 11.1 Å². The minimum absolute atomic E-state index is 0. The molecular formula is C10H20ClN3S. The van der Waals surface area contributed by atoms with E-state index in [4.69, 9.17) is 5.73 Å². The Hall–Kier alpha value is -0.320. The smallest absolute Gasteiger partial charge is 0.180 e. The standard InChI is InChI=1S/C10H19N3S.ClH/c1-4-10(3,5-2)13-7-8-6-12-9(11)14-8;/h6,13H,4-5,7H2,1-3H3,(H2,11,12);1H. The Balaban J connectivity index is 0.00000196. The zero-order valence-electron chi connectivity index (χ0n) is 9.54. The van der Waals surface area contributed by atoms with Gasteiger partial charge in [-0.1, -0.05) is 13.8 Å². The molecule has 0 bridgehead atoms. The number of aromatic nitrogens is 1. The first-order chi connectivity index (χ1) is 6.59. The minimum atomic E-state index is 0. The number of hydrogen-bond donors (Lipinski definition) is 2. The molecular weight excluding hydrogens is 230 g/mol. The lowest BCUT2D eigenvalue weighted by Gasteiger charge is -2.28. The van der Waals surface area contributed by atoms with Crippen LogP contribution in [0.15, 0.2) is 6.20 Å². The van der Waals surface area contributed by atoms with Gasteiger partial charge < -0.3 is 11.1 Å². The van der Waals surface area contributed by atoms with Crippen LogP contribution in [0, 0.1) is 0 Å². The van der Waals surface area contributed by atoms with Crippen molar-refractivity contribution in [3.63, 3.8) is 0 Å². The molecule has 0 aliphatic rings. The van der Waals surface area contributed by atoms with Gasteiger partial charge in [-0.3, -0.25) is 0 Å². The number of halogens is 1. The highest BCUT2D eigenvalue weighted by Crippen LogP contribution is 2.18. The molecule has 0 saturated heterocycles. The molecule has 0 aromatic carbocycles. The monoisotopic (exact) mass is 249 g/mol. The number of rotatable bonds is 5. The highest BCUT2D eigenvalue weighted by atomic mass is 35.5. The Morgan fingerprint density at radius 2 is 2.07 bits per heavy atom. The van der Waals surface area contributed by atoms with Crippen LogP contribution in [0.1, 0.15) is 38.5 Å². The van der Waals surface area contributed by atoms with Crippen molar-refractivity contribution in [3.8, 4) is 0 Å². The number of nitrogens with two attached hydrogens (primary N) is 1. The van der Waals surface area contributed by atoms with E-state index < -0.39 is 0 Å². The second-order valence-corrected chi connectivity index (χ2v) is 4.93. The van der Waals surface area contributed by atoms with Crippen LogP contribution in [-0.4, -0.2) is 10.5 Å². The summed E-state index contributed by atoms with van der Waals surface area (Å²) >= 11 is 1.55. The summed E-state index contributed by atoms with van der Waals surface area (Å²) in [5.74, 6) is 0. The SMILES string of the molecule is CCC(C)(CC)NCc1cnc(N)s1.Cl. The normalized spacial score (nSPS) is 11.1. The minimum Gasteiger partial charge on any atom is -0.375 e. The third kappa shape index (κ3) is 4.36. The van der Waals surface area contributed by atoms with Gasteiger partial charge in [-0.05, 0) is 19.8 Å². The quantitative estimate of drug-likeness (QED) is 0.844. The van der Waals surface area contributed by atoms with E-state index in [1.165, 1.54) is 4.88 Å². The molecule has 3 N–H and O–H groups in total. The van der Waals surface area contributed by atoms with Gasteiger partial charge >= 0.3 is 0 Å². The topological polar surface area (TPSA) is 50.9 Å². The first-order valence-electron chi connectivity index (χ1n) is 5.05. The fraction of sp³-hybridized carbons (Fsp3) is 0.700. The highest BCUT2D eigenvalue weighted by Gasteiger charge is 2.18. The van der Waals surface area contributed by atoms with Crippen LogP contribution in [0.4, 0.5) is 5.13 Å². The van der Waals surface area contributed by atoms with E-state index >= 15 is 0 Å². The molecule has 5 heteroatoms. The number of hydrogen-bond acceptors (Lipinski definition) is 4. The second kappa shape index (κ2) is 6.30. The van der Waals surface area contributed by atoms with Crippen LogP contribution in [0.3, 0.4) is 0 Å². The van der Waals surface area contributed by atoms with Gasteiger partial charge in [-0.2, -0.15) is 0 Å². The molecule has 0 radical (unpaired) electrons. The molecule has 0 unspecified atom stereocenters. The predicted octanol–water partition coefficient (Wildman–Crippen LogP) is 2.82. The number of anilines is 1. The molecule has 15 heavy (non-hydrogen) atoms. The van der Waals surface area contributed by atoms with Gasteiger partial charge in [-0.25, -0.2) is 4.98 Å². The van der Waals surface area contributed by atoms with Crippen LogP contribution in [0.2, 0.25) is 0 Å². The molecule has 0 saturated carbocycles. The fourth-order valence-electron chi connectivity index (χ4n) is 1.20. The number of nitrogens with one attached hydrogen (secondary N) is 1. The van der Waals surface area contributed by atoms with E-state index in [9.17, 15) is 0 Å². The first kappa shape index (κ1) is 14.7. The lowest BCUT2D eigenvalue weighted by molar-refractivity contribution is 0.330. The molecule has 0 aliphatic heterocycles. The first-order valence-corrected chi connectivity index (χ1v) is 5.86. The summed E-state index contributed by atoms with van der Waals surface area (Å²) in [6.45, 7) is 7.53. The Kier molecular flexibility index (Phi) is 6.17. The van der Waals surface area contributed by atoms with Gasteiger partial charge in [0, 0.05) is 23.2 Å². The van der Waals surface area contributed by atoms with Gasteiger partial charge in [0.1, 0.15) is 0 Å². The highest BCUT2D eigenvalue weighted by molar-refractivity contribution is 7.15. The Morgan fingerprint density at radius 1 is 1.47 bits per heavy atom. The second-order valence-electron chi connectivity index (χ2n) is 3.79. The summed E-state index contributed by atoms with van der Waals surface area (Å²) in [5, 5.41) is 4.19. The number of thiazole rings is 1. The molecule has 1 aromatic heterocycles. The molecule has 1 aromatic rings. The van der Waals surface area contributed by atoms with E-state index in [2.05, 4.69) is 31.1 Å². The largest absolute Gasteiger partial charge is 0.375 e. The molecule has 0 spiro atoms. The van der Waals surface area contributed by atoms with Gasteiger partial charge in [-0.15, -0.1) is 23.7 Å². The van der Waals surface area contributed by atoms with Crippen LogP contribution in [-0.2, 0) is 6.54 Å². The van der Waals surface area contributed by atoms with Crippen molar-refractivity contribution in [2.45, 2.75) is 45.7 Å². The van der Waals surface area contributed by atoms with Gasteiger partial charge in [0.2, 0.25) is 0 Å². The summed E-state index contributed by atoms with van der Waals surface area (Å²) in [5.41, 5.74) is 5.80. The van der Waals surface area contributed by atoms with Gasteiger partial charge in [0.05, 0.1) is 0 Å². The third-order valence-electron chi connectivity index (χ3n) is 2.82. The summed E-state index contributed by atoms with van der Waals surface area (Å²) in [6.07, 6.45) is 4.12. The molecule has 3 nitrogen and oxygen atoms in total. The average molecular weight is 250 g/mol. The summed E-state index contributed by atoms with van der Waals surface area (Å²) < 4.78 is 0. The van der Waals surface area contributed by atoms with Crippen molar-refractivity contribution in [2.24, 2.45) is 0 Å². The van der Waals surface area contributed by atoms with Crippen LogP contribution in [0.25, 0.3) is 0 Å². The van der Waals surface area contributed by atoms with Crippen molar-refractivity contribution in [1.82, 2.24) is 10.3 Å². The van der Waals surface area contributed by atoms with E-state index in [0.717, 1.165) is 19.4 Å². The third-order valence-corrected chi connectivity index (χ3v) is 3.65. The molecule has 0 amide bonds. The molecule has 88 valence electrons. The van der Waals surface area contributed by atoms with E-state index in [1.807, 2.05) is 6.20 Å². The molecule has 0 atom stereocenters. The number of nitrogens with zero attached hydrogens (tertiary/aromatic N) is 1. The van der Waals surface area contributed by atoms with Crippen molar-refractivity contribution >= 4 is 28.9 Å². The summed E-state index contributed by atoms with van der Waals surface area (Å²) in [4.78, 5) is 5.23. The predicted molar refractivity (Wildman–Crippen MR) is 69.6 cm³/mol. The Labute approximate surface area is 102 Å². The molecule has 0 fully saturated rings. The van der Waals surface area contributed by atoms with E-state index in [1.54, 1.807) is 11.3 Å². The average Bonchev–Trinajstić information content (AvgIpc) is 2.61. The van der Waals surface area contributed by atoms with Gasteiger partial charge in [0.15, 0.2) is 5.13 Å². The van der Waals surface area contributed by atoms with Crippen molar-refractivity contribution in [1.29, 1.82) is 0 Å². The van der Waals surface area contributed by atoms with Crippen molar-refractivity contribution < 1.29 is 0 Å². The van der Waals surface area contributed by atoms with Crippen molar-refractivity contribution in [2.75, 3.05) is 5.73 Å². The Bertz CT molecular complexity index is 284. The maximum Gasteiger partial charge on any atom is 0.180 e. The lowest BCUT2D eigenvalue weighted by Crippen LogP contribution is -2.40. The maximum atomic E-state index is 5.56. The lowest BCUT2D eigenvalue weighted by atomic mass is 9.96. The van der Waals surface area contributed by atoms with Gasteiger partial charge in [0.25, 0.3) is 0 Å². The fourth-order valence-corrected chi connectivity index (χ4v) is 1.83. The molecule has 1 heterocycles. The maximum absolute atomic E-state index is 5.56. The Morgan fingerprint density at radius 3 is 2.47 bits per heavy atom. The summed E-state index contributed by atoms with van der Waals surface area (Å²) in [6, 6.07) is 0. The zero-order chi connectivity index (χ0) is 10.6. The number of nitrogen functional groups attached to an aromatic ring is 1. The van der Waals surface area contributed by atoms with Crippen LogP contribution in [0.5, 0.6) is 0 Å². The van der Waals surface area contributed by atoms with Crippen LogP contribution >= 0.6 is 23.7 Å². The van der Waals surface area contributed by atoms with E-state index in [0.29, 0.717) is 5.13 Å². The zero-order valence-corrected chi connectivity index (χ0v) is 11.2. The molecule has 1 rings (SSSR count). The van der Waals surface area contributed by atoms with Crippen LogP contribution < -0.4 is 11.1 Å². The summed E-state index contributed by atoms with van der Waals surface area (Å²) in [7, 11) is 0. The van der Waals surface area contributed by atoms with E-state index in [-0.39, 0.29) is 17.9 Å².